The molecule has 0 atom stereocenters. The van der Waals surface area contributed by atoms with Gasteiger partial charge in [0, 0.05) is 44.0 Å². The van der Waals surface area contributed by atoms with Crippen molar-refractivity contribution in [1.82, 2.24) is 9.88 Å². The number of pyridine rings is 1. The first kappa shape index (κ1) is 23.6. The van der Waals surface area contributed by atoms with Gasteiger partial charge in [-0.05, 0) is 41.9 Å². The lowest BCUT2D eigenvalue weighted by Gasteiger charge is -2.32. The highest BCUT2D eigenvalue weighted by Crippen LogP contribution is 2.30. The molecule has 0 bridgehead atoms. The van der Waals surface area contributed by atoms with E-state index in [0.29, 0.717) is 36.0 Å². The van der Waals surface area contributed by atoms with Crippen molar-refractivity contribution in [2.75, 3.05) is 30.3 Å². The molecule has 2 heterocycles. The number of amides is 2. The molecule has 0 unspecified atom stereocenters. The van der Waals surface area contributed by atoms with E-state index in [1.54, 1.807) is 0 Å². The Hall–Kier alpha value is -3.09. The summed E-state index contributed by atoms with van der Waals surface area (Å²) >= 11 is 0. The normalized spacial score (nSPS) is 14.8. The molecule has 4 N–H and O–H groups in total. The van der Waals surface area contributed by atoms with Crippen LogP contribution in [0.4, 0.5) is 17.2 Å². The van der Waals surface area contributed by atoms with E-state index >= 15 is 0 Å². The van der Waals surface area contributed by atoms with E-state index in [9.17, 15) is 9.59 Å². The lowest BCUT2D eigenvalue weighted by atomic mass is 9.89. The van der Waals surface area contributed by atoms with Crippen LogP contribution >= 0.6 is 0 Å². The molecule has 3 rings (SSSR count). The van der Waals surface area contributed by atoms with Gasteiger partial charge in [-0.2, -0.15) is 0 Å². The average molecular weight is 438 g/mol. The number of anilines is 3. The molecule has 32 heavy (non-hydrogen) atoms. The predicted molar refractivity (Wildman–Crippen MR) is 129 cm³/mol. The number of carbonyl (C=O) groups excluding carboxylic acids is 2. The second-order valence-corrected chi connectivity index (χ2v) is 9.65. The minimum absolute atomic E-state index is 0.0571. The van der Waals surface area contributed by atoms with Crippen LogP contribution in [0.25, 0.3) is 0 Å². The van der Waals surface area contributed by atoms with Crippen LogP contribution in [0, 0.1) is 5.41 Å². The van der Waals surface area contributed by atoms with Gasteiger partial charge in [-0.15, -0.1) is 0 Å². The van der Waals surface area contributed by atoms with E-state index in [1.807, 2.05) is 30.0 Å². The van der Waals surface area contributed by atoms with Crippen LogP contribution in [-0.2, 0) is 4.79 Å². The number of rotatable bonds is 7. The van der Waals surface area contributed by atoms with Crippen LogP contribution in [0.15, 0.2) is 36.5 Å². The number of likely N-dealkylation sites (tertiary alicyclic amines) is 1. The lowest BCUT2D eigenvalue weighted by molar-refractivity contribution is -0.131. The Morgan fingerprint density at radius 2 is 1.81 bits per heavy atom. The maximum Gasteiger partial charge on any atom is 0.252 e. The van der Waals surface area contributed by atoms with Crippen LogP contribution in [0.5, 0.6) is 0 Å². The molecule has 1 aromatic heterocycles. The number of carbonyl (C=O) groups is 2. The molecule has 1 aromatic carbocycles. The SMILES string of the molecule is CCC(=O)N1CCC(c2ccc(Nc3cc(NCC(C)(C)C)c(C(N)=O)cn3)cc2)CC1. The van der Waals surface area contributed by atoms with Crippen molar-refractivity contribution in [3.8, 4) is 0 Å². The van der Waals surface area contributed by atoms with E-state index < -0.39 is 5.91 Å². The van der Waals surface area contributed by atoms with Gasteiger partial charge in [0.05, 0.1) is 11.3 Å². The monoisotopic (exact) mass is 437 g/mol. The summed E-state index contributed by atoms with van der Waals surface area (Å²) in [6.07, 6.45) is 4.08. The van der Waals surface area contributed by atoms with Crippen LogP contribution in [0.1, 0.15) is 68.8 Å². The molecule has 7 nitrogen and oxygen atoms in total. The third kappa shape index (κ3) is 6.22. The Kier molecular flexibility index (Phi) is 7.38. The zero-order valence-corrected chi connectivity index (χ0v) is 19.6. The zero-order valence-electron chi connectivity index (χ0n) is 19.6. The van der Waals surface area contributed by atoms with Crippen molar-refractivity contribution in [2.45, 2.75) is 52.9 Å². The van der Waals surface area contributed by atoms with Gasteiger partial charge in [0.25, 0.3) is 5.91 Å². The minimum Gasteiger partial charge on any atom is -0.384 e. The predicted octanol–water partition coefficient (Wildman–Crippen LogP) is 4.50. The molecular weight excluding hydrogens is 402 g/mol. The quantitative estimate of drug-likeness (QED) is 0.592. The number of piperidine rings is 1. The van der Waals surface area contributed by atoms with Gasteiger partial charge in [0.1, 0.15) is 5.82 Å². The van der Waals surface area contributed by atoms with E-state index in [2.05, 4.69) is 48.5 Å². The van der Waals surface area contributed by atoms with Crippen LogP contribution in [0.3, 0.4) is 0 Å². The highest BCUT2D eigenvalue weighted by molar-refractivity contribution is 5.98. The third-order valence-corrected chi connectivity index (χ3v) is 5.78. The molecule has 0 spiro atoms. The topological polar surface area (TPSA) is 100 Å². The molecule has 1 aliphatic rings. The van der Waals surface area contributed by atoms with Crippen LogP contribution in [-0.4, -0.2) is 41.3 Å². The van der Waals surface area contributed by atoms with Gasteiger partial charge >= 0.3 is 0 Å². The second-order valence-electron chi connectivity index (χ2n) is 9.65. The number of hydrogen-bond acceptors (Lipinski definition) is 5. The molecule has 7 heteroatoms. The number of nitrogens with zero attached hydrogens (tertiary/aromatic N) is 2. The fraction of sp³-hybridized carbons (Fsp3) is 0.480. The molecular formula is C25H35N5O2. The van der Waals surface area contributed by atoms with Crippen molar-refractivity contribution in [3.05, 3.63) is 47.7 Å². The summed E-state index contributed by atoms with van der Waals surface area (Å²) in [5.41, 5.74) is 8.85. The van der Waals surface area contributed by atoms with E-state index in [4.69, 9.17) is 5.73 Å². The first-order chi connectivity index (χ1) is 15.2. The molecule has 172 valence electrons. The zero-order chi connectivity index (χ0) is 23.3. The van der Waals surface area contributed by atoms with Crippen molar-refractivity contribution < 1.29 is 9.59 Å². The van der Waals surface area contributed by atoms with Gasteiger partial charge < -0.3 is 21.3 Å². The second kappa shape index (κ2) is 10.0. The van der Waals surface area contributed by atoms with Crippen molar-refractivity contribution in [1.29, 1.82) is 0 Å². The number of hydrogen-bond donors (Lipinski definition) is 3. The van der Waals surface area contributed by atoms with Gasteiger partial charge in [-0.1, -0.05) is 39.8 Å². The molecule has 1 fully saturated rings. The van der Waals surface area contributed by atoms with E-state index in [1.165, 1.54) is 11.8 Å². The molecule has 0 saturated carbocycles. The van der Waals surface area contributed by atoms with Crippen LogP contribution < -0.4 is 16.4 Å². The summed E-state index contributed by atoms with van der Waals surface area (Å²) < 4.78 is 0. The highest BCUT2D eigenvalue weighted by Gasteiger charge is 2.23. The fourth-order valence-electron chi connectivity index (χ4n) is 3.90. The van der Waals surface area contributed by atoms with Crippen LogP contribution in [0.2, 0.25) is 0 Å². The van der Waals surface area contributed by atoms with Gasteiger partial charge in [-0.25, -0.2) is 4.98 Å². The Labute approximate surface area is 190 Å². The summed E-state index contributed by atoms with van der Waals surface area (Å²) in [6, 6.07) is 10.2. The van der Waals surface area contributed by atoms with E-state index in [-0.39, 0.29) is 11.3 Å². The summed E-state index contributed by atoms with van der Waals surface area (Å²) in [5.74, 6) is 0.863. The highest BCUT2D eigenvalue weighted by atomic mass is 16.2. The number of nitrogens with two attached hydrogens (primary N) is 1. The Bertz CT molecular complexity index is 942. The summed E-state index contributed by atoms with van der Waals surface area (Å²) in [4.78, 5) is 30.0. The van der Waals surface area contributed by atoms with Crippen molar-refractivity contribution in [2.24, 2.45) is 11.1 Å². The van der Waals surface area contributed by atoms with Gasteiger partial charge in [-0.3, -0.25) is 9.59 Å². The Morgan fingerprint density at radius 1 is 1.16 bits per heavy atom. The molecule has 2 amide bonds. The lowest BCUT2D eigenvalue weighted by Crippen LogP contribution is -2.37. The summed E-state index contributed by atoms with van der Waals surface area (Å²) in [7, 11) is 0. The fourth-order valence-corrected chi connectivity index (χ4v) is 3.90. The molecule has 1 saturated heterocycles. The standard InChI is InChI=1S/C25H35N5O2/c1-5-23(31)30-12-10-18(11-13-30)17-6-8-19(9-7-17)29-22-14-21(28-16-25(2,3)4)20(15-27-22)24(26)32/h6-9,14-15,18H,5,10-13,16H2,1-4H3,(H2,26,32)(H2,27,28,29). The summed E-state index contributed by atoms with van der Waals surface area (Å²) in [6.45, 7) is 10.6. The van der Waals surface area contributed by atoms with Gasteiger partial charge in [0.2, 0.25) is 5.91 Å². The number of primary amides is 1. The first-order valence-corrected chi connectivity index (χ1v) is 11.3. The smallest absolute Gasteiger partial charge is 0.252 e. The van der Waals surface area contributed by atoms with Crippen molar-refractivity contribution >= 4 is 29.0 Å². The number of nitrogens with one attached hydrogen (secondary N) is 2. The van der Waals surface area contributed by atoms with Gasteiger partial charge in [0.15, 0.2) is 0 Å². The summed E-state index contributed by atoms with van der Waals surface area (Å²) in [5, 5.41) is 6.63. The van der Waals surface area contributed by atoms with E-state index in [0.717, 1.165) is 31.6 Å². The molecule has 2 aromatic rings. The third-order valence-electron chi connectivity index (χ3n) is 5.78. The van der Waals surface area contributed by atoms with Crippen molar-refractivity contribution in [3.63, 3.8) is 0 Å². The maximum absolute atomic E-state index is 11.9. The Balaban J connectivity index is 1.66. The molecule has 0 radical (unpaired) electrons. The maximum atomic E-state index is 11.9. The first-order valence-electron chi connectivity index (χ1n) is 11.3. The molecule has 1 aliphatic heterocycles. The number of benzene rings is 1. The minimum atomic E-state index is -0.503. The Morgan fingerprint density at radius 3 is 2.38 bits per heavy atom. The molecule has 0 aliphatic carbocycles. The largest absolute Gasteiger partial charge is 0.384 e. The average Bonchev–Trinajstić information content (AvgIpc) is 2.77. The number of aromatic nitrogens is 1.